The molecular weight excluding hydrogens is 508 g/mol. The molecule has 5 N–H and O–H groups in total. The molecule has 0 aliphatic heterocycles. The van der Waals surface area contributed by atoms with Crippen LogP contribution in [0, 0.1) is 0 Å². The Morgan fingerprint density at radius 3 is 2.36 bits per heavy atom. The second kappa shape index (κ2) is 14.2. The van der Waals surface area contributed by atoms with E-state index in [-0.39, 0.29) is 17.7 Å². The Hall–Kier alpha value is -3.23. The summed E-state index contributed by atoms with van der Waals surface area (Å²) in [5.74, 6) is -0.724. The molecule has 1 aliphatic rings. The van der Waals surface area contributed by atoms with E-state index in [0.29, 0.717) is 37.2 Å². The highest BCUT2D eigenvalue weighted by molar-refractivity contribution is 7.20. The first-order chi connectivity index (χ1) is 19.0. The summed E-state index contributed by atoms with van der Waals surface area (Å²) < 4.78 is 1.03. The number of rotatable bonds is 13. The normalized spacial score (nSPS) is 15.4. The van der Waals surface area contributed by atoms with Crippen LogP contribution >= 0.6 is 11.3 Å². The van der Waals surface area contributed by atoms with Crippen molar-refractivity contribution < 1.29 is 14.4 Å². The molecule has 0 spiro atoms. The highest BCUT2D eigenvalue weighted by atomic mass is 32.1. The van der Waals surface area contributed by atoms with Gasteiger partial charge in [-0.2, -0.15) is 0 Å². The van der Waals surface area contributed by atoms with Crippen LogP contribution in [0.25, 0.3) is 10.1 Å². The Morgan fingerprint density at radius 2 is 1.62 bits per heavy atom. The molecule has 3 aromatic rings. The third-order valence-electron chi connectivity index (χ3n) is 7.48. The summed E-state index contributed by atoms with van der Waals surface area (Å²) in [6, 6.07) is 18.7. The Kier molecular flexibility index (Phi) is 10.5. The van der Waals surface area contributed by atoms with Crippen molar-refractivity contribution >= 4 is 39.1 Å². The van der Waals surface area contributed by atoms with Gasteiger partial charge in [0.15, 0.2) is 0 Å². The van der Waals surface area contributed by atoms with E-state index in [2.05, 4.69) is 16.0 Å². The average Bonchev–Trinajstić information content (AvgIpc) is 3.40. The molecular formula is C31H40N4O3S. The van der Waals surface area contributed by atoms with Crippen LogP contribution in [-0.2, 0) is 16.0 Å². The summed E-state index contributed by atoms with van der Waals surface area (Å²) in [6.07, 6.45) is 8.09. The number of benzene rings is 2. The van der Waals surface area contributed by atoms with E-state index in [9.17, 15) is 14.4 Å². The lowest BCUT2D eigenvalue weighted by Crippen LogP contribution is -2.62. The number of fused-ring (bicyclic) bond motifs is 1. The molecule has 208 valence electrons. The zero-order valence-electron chi connectivity index (χ0n) is 22.5. The number of hydrogen-bond donors (Lipinski definition) is 4. The zero-order valence-corrected chi connectivity index (χ0v) is 23.4. The largest absolute Gasteiger partial charge is 0.354 e. The summed E-state index contributed by atoms with van der Waals surface area (Å²) in [5.41, 5.74) is 5.50. The van der Waals surface area contributed by atoms with Crippen LogP contribution < -0.4 is 21.7 Å². The van der Waals surface area contributed by atoms with Gasteiger partial charge in [0.2, 0.25) is 11.8 Å². The van der Waals surface area contributed by atoms with Crippen molar-refractivity contribution in [2.24, 2.45) is 5.73 Å². The second-order valence-corrected chi connectivity index (χ2v) is 11.5. The maximum atomic E-state index is 13.9. The van der Waals surface area contributed by atoms with Gasteiger partial charge in [0.25, 0.3) is 5.91 Å². The highest BCUT2D eigenvalue weighted by Crippen LogP contribution is 2.31. The Labute approximate surface area is 234 Å². The minimum absolute atomic E-state index is 0.201. The number of carbonyl (C=O) groups is 3. The smallest absolute Gasteiger partial charge is 0.262 e. The van der Waals surface area contributed by atoms with E-state index in [1.54, 1.807) is 0 Å². The molecule has 1 heterocycles. The van der Waals surface area contributed by atoms with Crippen LogP contribution in [0.3, 0.4) is 0 Å². The quantitative estimate of drug-likeness (QED) is 0.232. The summed E-state index contributed by atoms with van der Waals surface area (Å²) in [6.45, 7) is 1.23. The van der Waals surface area contributed by atoms with Gasteiger partial charge in [0, 0.05) is 17.7 Å². The molecule has 0 radical (unpaired) electrons. The minimum atomic E-state index is -1.04. The fourth-order valence-corrected chi connectivity index (χ4v) is 6.21. The van der Waals surface area contributed by atoms with Gasteiger partial charge in [-0.25, -0.2) is 0 Å². The molecule has 1 fully saturated rings. The van der Waals surface area contributed by atoms with Gasteiger partial charge in [0.05, 0.1) is 4.88 Å². The predicted molar refractivity (Wildman–Crippen MR) is 158 cm³/mol. The maximum Gasteiger partial charge on any atom is 0.262 e. The molecule has 1 aliphatic carbocycles. The standard InChI is InChI=1S/C31H40N4O3S/c32-19-11-1-2-12-20-33-28(36)25(21-23-13-5-3-6-14-23)34-30(38)31(17-9-4-10-18-31)35-29(37)27-22-24-15-7-8-16-26(24)39-27/h3,5-8,13-16,22,25H,1-2,4,9-12,17-21,32H2,(H,33,36)(H,34,38)(H,35,37). The molecule has 0 bridgehead atoms. The lowest BCUT2D eigenvalue weighted by Gasteiger charge is -2.37. The van der Waals surface area contributed by atoms with Crippen molar-refractivity contribution in [3.05, 3.63) is 71.1 Å². The molecule has 4 rings (SSSR count). The third-order valence-corrected chi connectivity index (χ3v) is 8.59. The lowest BCUT2D eigenvalue weighted by atomic mass is 9.80. The van der Waals surface area contributed by atoms with E-state index in [1.807, 2.05) is 60.7 Å². The van der Waals surface area contributed by atoms with Crippen LogP contribution in [0.2, 0.25) is 0 Å². The first kappa shape index (κ1) is 28.8. The molecule has 0 saturated heterocycles. The van der Waals surface area contributed by atoms with Gasteiger partial charge in [-0.15, -0.1) is 11.3 Å². The number of nitrogens with two attached hydrogens (primary N) is 1. The van der Waals surface area contributed by atoms with Crippen LogP contribution in [0.4, 0.5) is 0 Å². The molecule has 3 amide bonds. The van der Waals surface area contributed by atoms with Gasteiger partial charge < -0.3 is 21.7 Å². The van der Waals surface area contributed by atoms with E-state index in [1.165, 1.54) is 11.3 Å². The molecule has 8 heteroatoms. The van der Waals surface area contributed by atoms with Gasteiger partial charge in [0.1, 0.15) is 11.6 Å². The van der Waals surface area contributed by atoms with Crippen molar-refractivity contribution in [2.45, 2.75) is 75.8 Å². The Morgan fingerprint density at radius 1 is 0.897 bits per heavy atom. The monoisotopic (exact) mass is 548 g/mol. The summed E-state index contributed by atoms with van der Waals surface area (Å²) in [7, 11) is 0. The zero-order chi connectivity index (χ0) is 27.5. The first-order valence-electron chi connectivity index (χ1n) is 14.1. The number of carbonyl (C=O) groups excluding carboxylic acids is 3. The predicted octanol–water partition coefficient (Wildman–Crippen LogP) is 4.70. The molecule has 7 nitrogen and oxygen atoms in total. The van der Waals surface area contributed by atoms with E-state index in [4.69, 9.17) is 5.73 Å². The Balaban J connectivity index is 1.47. The van der Waals surface area contributed by atoms with E-state index in [0.717, 1.165) is 60.6 Å². The van der Waals surface area contributed by atoms with Crippen LogP contribution in [0.1, 0.15) is 73.0 Å². The van der Waals surface area contributed by atoms with Gasteiger partial charge >= 0.3 is 0 Å². The number of unbranched alkanes of at least 4 members (excludes halogenated alkanes) is 3. The molecule has 2 aromatic carbocycles. The topological polar surface area (TPSA) is 113 Å². The summed E-state index contributed by atoms with van der Waals surface area (Å²) >= 11 is 1.43. The average molecular weight is 549 g/mol. The third kappa shape index (κ3) is 7.90. The van der Waals surface area contributed by atoms with Crippen molar-refractivity contribution in [3.8, 4) is 0 Å². The van der Waals surface area contributed by atoms with Crippen molar-refractivity contribution in [2.75, 3.05) is 13.1 Å². The lowest BCUT2D eigenvalue weighted by molar-refractivity contribution is -0.133. The van der Waals surface area contributed by atoms with Crippen LogP contribution in [0.5, 0.6) is 0 Å². The van der Waals surface area contributed by atoms with E-state index < -0.39 is 11.6 Å². The van der Waals surface area contributed by atoms with Crippen LogP contribution in [0.15, 0.2) is 60.7 Å². The van der Waals surface area contributed by atoms with E-state index >= 15 is 0 Å². The minimum Gasteiger partial charge on any atom is -0.354 e. The fourth-order valence-electron chi connectivity index (χ4n) is 5.25. The number of nitrogens with one attached hydrogen (secondary N) is 3. The summed E-state index contributed by atoms with van der Waals surface area (Å²) in [4.78, 5) is 41.1. The highest BCUT2D eigenvalue weighted by Gasteiger charge is 2.42. The van der Waals surface area contributed by atoms with Crippen LogP contribution in [-0.4, -0.2) is 42.4 Å². The van der Waals surface area contributed by atoms with Gasteiger partial charge in [-0.3, -0.25) is 14.4 Å². The molecule has 1 saturated carbocycles. The van der Waals surface area contributed by atoms with Gasteiger partial charge in [-0.1, -0.05) is 80.6 Å². The number of thiophene rings is 1. The van der Waals surface area contributed by atoms with Crippen molar-refractivity contribution in [3.63, 3.8) is 0 Å². The first-order valence-corrected chi connectivity index (χ1v) is 15.0. The second-order valence-electron chi connectivity index (χ2n) is 10.5. The van der Waals surface area contributed by atoms with Crippen molar-refractivity contribution in [1.82, 2.24) is 16.0 Å². The number of amides is 3. The Bertz CT molecular complexity index is 1200. The summed E-state index contributed by atoms with van der Waals surface area (Å²) in [5, 5.41) is 10.2. The molecule has 1 aromatic heterocycles. The van der Waals surface area contributed by atoms with Crippen molar-refractivity contribution in [1.29, 1.82) is 0 Å². The number of hydrogen-bond acceptors (Lipinski definition) is 5. The molecule has 1 unspecified atom stereocenters. The fraction of sp³-hybridized carbons (Fsp3) is 0.452. The molecule has 1 atom stereocenters. The van der Waals surface area contributed by atoms with Gasteiger partial charge in [-0.05, 0) is 55.3 Å². The maximum absolute atomic E-state index is 13.9. The molecule has 39 heavy (non-hydrogen) atoms. The SMILES string of the molecule is NCCCCCCNC(=O)C(Cc1ccccc1)NC(=O)C1(NC(=O)c2cc3ccccc3s2)CCCCC1.